The van der Waals surface area contributed by atoms with Crippen LogP contribution in [0.3, 0.4) is 0 Å². The molecule has 1 aromatic heterocycles. The summed E-state index contributed by atoms with van der Waals surface area (Å²) in [7, 11) is -2.07. The van der Waals surface area contributed by atoms with Gasteiger partial charge in [0.1, 0.15) is 6.10 Å². The second-order valence-corrected chi connectivity index (χ2v) is 6.35. The fraction of sp³-hybridized carbons (Fsp3) is 0.583. The number of pyridine rings is 1. The van der Waals surface area contributed by atoms with Crippen LogP contribution >= 0.6 is 7.82 Å². The molecule has 3 atom stereocenters. The number of hydrogen-bond donors (Lipinski definition) is 3. The van der Waals surface area contributed by atoms with Gasteiger partial charge < -0.3 is 28.9 Å². The van der Waals surface area contributed by atoms with Crippen molar-refractivity contribution in [3.8, 4) is 0 Å². The zero-order valence-electron chi connectivity index (χ0n) is 12.8. The molecule has 2 rings (SSSR count). The maximum atomic E-state index is 10.7. The maximum Gasteiger partial charge on any atom is 0.499 e. The molecule has 11 heteroatoms. The molecule has 1 aliphatic heterocycles. The maximum absolute atomic E-state index is 10.7. The van der Waals surface area contributed by atoms with E-state index in [-0.39, 0.29) is 13.0 Å². The molecule has 3 N–H and O–H groups in total. The van der Waals surface area contributed by atoms with Gasteiger partial charge in [0.05, 0.1) is 19.1 Å². The summed E-state index contributed by atoms with van der Waals surface area (Å²) in [5, 5.41) is 9.97. The lowest BCUT2D eigenvalue weighted by molar-refractivity contribution is -0.758. The SMILES string of the molecule is COB(OC)c1ccc[n+]([C@H]2C[C@H](O)[C@@H](COP(=O)(O)O)O2)c1. The number of hydrogen-bond acceptors (Lipinski definition) is 6. The highest BCUT2D eigenvalue weighted by Crippen LogP contribution is 2.37. The average molecular weight is 348 g/mol. The molecule has 1 fully saturated rings. The fourth-order valence-electron chi connectivity index (χ4n) is 2.42. The first-order valence-corrected chi connectivity index (χ1v) is 8.47. The minimum absolute atomic E-state index is 0.272. The molecule has 0 saturated carbocycles. The first-order chi connectivity index (χ1) is 10.8. The van der Waals surface area contributed by atoms with Crippen molar-refractivity contribution in [3.63, 3.8) is 0 Å². The Kier molecular flexibility index (Phi) is 6.29. The average Bonchev–Trinajstić information content (AvgIpc) is 2.87. The van der Waals surface area contributed by atoms with Crippen molar-refractivity contribution >= 4 is 20.4 Å². The molecule has 128 valence electrons. The minimum atomic E-state index is -4.60. The molecule has 0 aromatic carbocycles. The third-order valence-corrected chi connectivity index (χ3v) is 3.97. The minimum Gasteiger partial charge on any atom is -0.410 e. The van der Waals surface area contributed by atoms with Gasteiger partial charge in [0.2, 0.25) is 0 Å². The van der Waals surface area contributed by atoms with Gasteiger partial charge in [-0.2, -0.15) is 4.57 Å². The molecule has 9 nitrogen and oxygen atoms in total. The van der Waals surface area contributed by atoms with E-state index in [1.807, 2.05) is 6.07 Å². The first-order valence-electron chi connectivity index (χ1n) is 6.94. The monoisotopic (exact) mass is 348 g/mol. The van der Waals surface area contributed by atoms with Gasteiger partial charge in [-0.25, -0.2) is 4.57 Å². The van der Waals surface area contributed by atoms with Gasteiger partial charge >= 0.3 is 14.9 Å². The van der Waals surface area contributed by atoms with Crippen LogP contribution in [0.2, 0.25) is 0 Å². The van der Waals surface area contributed by atoms with E-state index in [1.165, 1.54) is 14.2 Å². The van der Waals surface area contributed by atoms with Gasteiger partial charge in [0.25, 0.3) is 6.23 Å². The second-order valence-electron chi connectivity index (χ2n) is 5.11. The molecule has 0 radical (unpaired) electrons. The van der Waals surface area contributed by atoms with Crippen LogP contribution in [0, 0.1) is 0 Å². The van der Waals surface area contributed by atoms with E-state index in [0.29, 0.717) is 0 Å². The highest BCUT2D eigenvalue weighted by molar-refractivity contribution is 7.46. The summed E-state index contributed by atoms with van der Waals surface area (Å²) in [6, 6.07) is 3.61. The van der Waals surface area contributed by atoms with Crippen LogP contribution in [-0.2, 0) is 23.1 Å². The smallest absolute Gasteiger partial charge is 0.410 e. The molecule has 0 bridgehead atoms. The fourth-order valence-corrected chi connectivity index (χ4v) is 2.76. The molecule has 1 aliphatic rings. The summed E-state index contributed by atoms with van der Waals surface area (Å²) in [6.45, 7) is -0.388. The quantitative estimate of drug-likeness (QED) is 0.317. The molecular weight excluding hydrogens is 328 g/mol. The van der Waals surface area contributed by atoms with Crippen molar-refractivity contribution in [1.82, 2.24) is 0 Å². The Morgan fingerprint density at radius 3 is 2.74 bits per heavy atom. The molecular formula is C12H20BNO8P+. The molecule has 2 heterocycles. The number of nitrogens with zero attached hydrogens (tertiary/aromatic N) is 1. The summed E-state index contributed by atoms with van der Waals surface area (Å²) < 4.78 is 32.9. The van der Waals surface area contributed by atoms with Crippen molar-refractivity contribution in [1.29, 1.82) is 0 Å². The summed E-state index contributed by atoms with van der Waals surface area (Å²) in [4.78, 5) is 17.4. The van der Waals surface area contributed by atoms with Crippen LogP contribution in [0.1, 0.15) is 12.6 Å². The number of ether oxygens (including phenoxy) is 1. The Bertz CT molecular complexity index is 566. The lowest BCUT2D eigenvalue weighted by Crippen LogP contribution is -2.46. The lowest BCUT2D eigenvalue weighted by Gasteiger charge is -2.14. The van der Waals surface area contributed by atoms with E-state index in [9.17, 15) is 9.67 Å². The first kappa shape index (κ1) is 18.5. The predicted octanol–water partition coefficient (Wildman–Crippen LogP) is -1.28. The van der Waals surface area contributed by atoms with Crippen molar-refractivity contribution in [3.05, 3.63) is 24.5 Å². The molecule has 0 unspecified atom stereocenters. The van der Waals surface area contributed by atoms with Crippen LogP contribution in [0.25, 0.3) is 0 Å². The highest BCUT2D eigenvalue weighted by Gasteiger charge is 2.40. The third kappa shape index (κ3) is 5.07. The van der Waals surface area contributed by atoms with E-state index in [2.05, 4.69) is 4.52 Å². The topological polar surface area (TPSA) is 119 Å². The van der Waals surface area contributed by atoms with E-state index in [0.717, 1.165) is 5.46 Å². The zero-order chi connectivity index (χ0) is 17.0. The van der Waals surface area contributed by atoms with Gasteiger partial charge in [-0.1, -0.05) is 6.07 Å². The molecule has 0 spiro atoms. The van der Waals surface area contributed by atoms with E-state index >= 15 is 0 Å². The second kappa shape index (κ2) is 7.82. The molecule has 0 amide bonds. The Labute approximate surface area is 134 Å². The Balaban J connectivity index is 2.05. The third-order valence-electron chi connectivity index (χ3n) is 3.49. The summed E-state index contributed by atoms with van der Waals surface area (Å²) >= 11 is 0. The number of aliphatic hydroxyl groups is 1. The summed E-state index contributed by atoms with van der Waals surface area (Å²) in [5.41, 5.74) is 0.769. The Morgan fingerprint density at radius 1 is 1.43 bits per heavy atom. The van der Waals surface area contributed by atoms with Crippen molar-refractivity contribution < 1.29 is 42.6 Å². The number of phosphoric ester groups is 1. The largest absolute Gasteiger partial charge is 0.499 e. The van der Waals surface area contributed by atoms with Crippen LogP contribution in [0.4, 0.5) is 0 Å². The van der Waals surface area contributed by atoms with E-state index in [4.69, 9.17) is 23.8 Å². The van der Waals surface area contributed by atoms with Crippen molar-refractivity contribution in [2.45, 2.75) is 24.9 Å². The molecule has 0 aliphatic carbocycles. The standard InChI is InChI=1S/C12H19BNO8P/c1-19-13(20-2)9-4-3-5-14(7-9)12-6-10(15)11(22-12)8-21-23(16,17)18/h3-5,7,10-12,15H,6,8H2,1-2H3,(H-,16,17,18)/p+1/t10-,11+,12+/m0/s1. The Hall–Kier alpha value is -0.835. The van der Waals surface area contributed by atoms with Gasteiger partial charge in [-0.3, -0.25) is 4.52 Å². The number of phosphoric acid groups is 1. The number of aliphatic hydroxyl groups excluding tert-OH is 1. The molecule has 1 saturated heterocycles. The van der Waals surface area contributed by atoms with Gasteiger partial charge in [0.15, 0.2) is 12.4 Å². The summed E-state index contributed by atoms with van der Waals surface area (Å²) in [6.07, 6.45) is 1.61. The number of aromatic nitrogens is 1. The van der Waals surface area contributed by atoms with Crippen LogP contribution < -0.4 is 10.0 Å². The van der Waals surface area contributed by atoms with Gasteiger partial charge in [0, 0.05) is 25.7 Å². The number of rotatable bonds is 7. The van der Waals surface area contributed by atoms with Crippen LogP contribution in [0.5, 0.6) is 0 Å². The van der Waals surface area contributed by atoms with E-state index < -0.39 is 33.4 Å². The van der Waals surface area contributed by atoms with Crippen molar-refractivity contribution in [2.24, 2.45) is 0 Å². The van der Waals surface area contributed by atoms with E-state index in [1.54, 1.807) is 23.0 Å². The van der Waals surface area contributed by atoms with Gasteiger partial charge in [-0.05, 0) is 0 Å². The van der Waals surface area contributed by atoms with Crippen molar-refractivity contribution in [2.75, 3.05) is 20.8 Å². The van der Waals surface area contributed by atoms with Gasteiger partial charge in [-0.15, -0.1) is 0 Å². The summed E-state index contributed by atoms with van der Waals surface area (Å²) in [5.74, 6) is 0. The van der Waals surface area contributed by atoms with Crippen LogP contribution in [-0.4, -0.2) is 55.0 Å². The predicted molar refractivity (Wildman–Crippen MR) is 78.6 cm³/mol. The lowest BCUT2D eigenvalue weighted by atomic mass is 9.80. The normalized spacial score (nSPS) is 24.8. The molecule has 23 heavy (non-hydrogen) atoms. The zero-order valence-corrected chi connectivity index (χ0v) is 13.7. The Morgan fingerprint density at radius 2 is 2.13 bits per heavy atom. The highest BCUT2D eigenvalue weighted by atomic mass is 31.2. The van der Waals surface area contributed by atoms with Crippen LogP contribution in [0.15, 0.2) is 24.5 Å². The molecule has 1 aromatic rings.